The Hall–Kier alpha value is -2.88. The van der Waals surface area contributed by atoms with Gasteiger partial charge in [-0.05, 0) is 86.6 Å². The molecule has 7 atom stereocenters. The summed E-state index contributed by atoms with van der Waals surface area (Å²) in [5, 5.41) is 12.7. The first kappa shape index (κ1) is 37.9. The van der Waals surface area contributed by atoms with Crippen molar-refractivity contribution in [2.75, 3.05) is 26.7 Å². The summed E-state index contributed by atoms with van der Waals surface area (Å²) in [6.45, 7) is 23.5. The van der Waals surface area contributed by atoms with Gasteiger partial charge < -0.3 is 26.2 Å². The van der Waals surface area contributed by atoms with Crippen molar-refractivity contribution in [1.82, 2.24) is 31.1 Å². The molecule has 4 aliphatic carbocycles. The third-order valence-electron chi connectivity index (χ3n) is 15.0. The highest BCUT2D eigenvalue weighted by molar-refractivity contribution is 5.99. The van der Waals surface area contributed by atoms with Crippen LogP contribution in [0.5, 0.6) is 0 Å². The van der Waals surface area contributed by atoms with Crippen molar-refractivity contribution in [3.8, 4) is 0 Å². The van der Waals surface area contributed by atoms with Gasteiger partial charge in [0, 0.05) is 36.7 Å². The van der Waals surface area contributed by atoms with Crippen LogP contribution in [0.15, 0.2) is 24.9 Å². The van der Waals surface area contributed by atoms with E-state index >= 15 is 4.79 Å². The quantitative estimate of drug-likeness (QED) is 0.219. The predicted octanol–water partition coefficient (Wildman–Crippen LogP) is 4.66. The number of nitrogens with zero attached hydrogens (tertiary/aromatic N) is 2. The Balaban J connectivity index is 1.27. The van der Waals surface area contributed by atoms with E-state index in [1.165, 1.54) is 6.42 Å². The number of amides is 4. The lowest BCUT2D eigenvalue weighted by molar-refractivity contribution is -0.145. The molecule has 0 bridgehead atoms. The molecule has 6 aliphatic rings. The van der Waals surface area contributed by atoms with E-state index in [1.54, 1.807) is 18.0 Å². The van der Waals surface area contributed by atoms with Crippen LogP contribution in [-0.4, -0.2) is 89.8 Å². The van der Waals surface area contributed by atoms with E-state index in [4.69, 9.17) is 0 Å². The van der Waals surface area contributed by atoms with Gasteiger partial charge in [-0.2, -0.15) is 0 Å². The Morgan fingerprint density at radius 2 is 1.61 bits per heavy atom. The third-order valence-corrected chi connectivity index (χ3v) is 15.0. The van der Waals surface area contributed by atoms with E-state index in [0.717, 1.165) is 76.6 Å². The second-order valence-electron chi connectivity index (χ2n) is 18.6. The fourth-order valence-electron chi connectivity index (χ4n) is 11.4. The fraction of sp³-hybridized carbons (Fsp3) is 0.805. The Morgan fingerprint density at radius 1 is 0.922 bits per heavy atom. The van der Waals surface area contributed by atoms with Gasteiger partial charge in [0.1, 0.15) is 23.7 Å². The average Bonchev–Trinajstić information content (AvgIpc) is 3.59. The molecule has 0 aromatic rings. The summed E-state index contributed by atoms with van der Waals surface area (Å²) in [6, 6.07) is -1.87. The molecule has 2 spiro atoms. The second kappa shape index (κ2) is 13.5. The molecule has 6 rings (SSSR count). The molecular weight excluding hydrogens is 640 g/mol. The molecule has 0 aromatic heterocycles. The van der Waals surface area contributed by atoms with Crippen LogP contribution in [0.25, 0.3) is 0 Å². The summed E-state index contributed by atoms with van der Waals surface area (Å²) in [4.78, 5) is 61.3. The molecule has 51 heavy (non-hydrogen) atoms. The lowest BCUT2D eigenvalue weighted by Gasteiger charge is -2.39. The number of nitrogens with one attached hydrogen (secondary N) is 4. The number of hydrogen-bond acceptors (Lipinski definition) is 6. The summed E-state index contributed by atoms with van der Waals surface area (Å²) in [6.07, 6.45) is 13.5. The number of hydrogen-bond donors (Lipinski definition) is 4. The minimum atomic E-state index is -1.04. The molecule has 10 heteroatoms. The minimum Gasteiger partial charge on any atom is -0.376 e. The maximum Gasteiger partial charge on any atom is 0.246 e. The molecular formula is C41H66N6O4. The lowest BCUT2D eigenvalue weighted by atomic mass is 9.73. The van der Waals surface area contributed by atoms with Crippen LogP contribution < -0.4 is 21.3 Å². The van der Waals surface area contributed by atoms with Gasteiger partial charge in [0.2, 0.25) is 23.6 Å². The molecule has 10 nitrogen and oxygen atoms in total. The molecule has 4 saturated carbocycles. The van der Waals surface area contributed by atoms with Crippen LogP contribution >= 0.6 is 0 Å². The molecule has 4 N–H and O–H groups in total. The van der Waals surface area contributed by atoms with E-state index in [9.17, 15) is 14.4 Å². The Kier molecular flexibility index (Phi) is 10.0. The summed E-state index contributed by atoms with van der Waals surface area (Å²) < 4.78 is 0. The SMILES string of the molecule is C=C[C@@H]1CC1(NC(=O)C1CC2(CN1C(=O)[C@@H](NC(=O)C(NC(=C)[C@@H]1CCCN1CC)C1CCCCC1)C(C)(C)C)C(C)(C)C21CCC1)C(=O)NC. The van der Waals surface area contributed by atoms with Gasteiger partial charge in [0.05, 0.1) is 0 Å². The second-order valence-corrected chi connectivity index (χ2v) is 18.6. The van der Waals surface area contributed by atoms with Gasteiger partial charge in [0.25, 0.3) is 0 Å². The van der Waals surface area contributed by atoms with Gasteiger partial charge in [-0.15, -0.1) is 6.58 Å². The van der Waals surface area contributed by atoms with Crippen molar-refractivity contribution in [2.45, 2.75) is 148 Å². The third kappa shape index (κ3) is 6.03. The largest absolute Gasteiger partial charge is 0.376 e. The number of carbonyl (C=O) groups is 4. The zero-order valence-electron chi connectivity index (χ0n) is 32.6. The molecule has 2 saturated heterocycles. The van der Waals surface area contributed by atoms with Crippen molar-refractivity contribution in [3.05, 3.63) is 24.9 Å². The monoisotopic (exact) mass is 707 g/mol. The lowest BCUT2D eigenvalue weighted by Crippen LogP contribution is -2.62. The van der Waals surface area contributed by atoms with Crippen LogP contribution in [0.2, 0.25) is 0 Å². The summed E-state index contributed by atoms with van der Waals surface area (Å²) >= 11 is 0. The molecule has 0 radical (unpaired) electrons. The summed E-state index contributed by atoms with van der Waals surface area (Å²) in [5.74, 6) is -0.927. The number of rotatable bonds is 12. The molecule has 0 aromatic carbocycles. The smallest absolute Gasteiger partial charge is 0.246 e. The first-order valence-corrected chi connectivity index (χ1v) is 20.0. The molecule has 6 fully saturated rings. The van der Waals surface area contributed by atoms with Crippen LogP contribution in [-0.2, 0) is 19.2 Å². The average molecular weight is 707 g/mol. The Labute approximate surface area is 306 Å². The molecule has 4 amide bonds. The van der Waals surface area contributed by atoms with Crippen molar-refractivity contribution < 1.29 is 19.2 Å². The topological polar surface area (TPSA) is 123 Å². The molecule has 2 aliphatic heterocycles. The van der Waals surface area contributed by atoms with Gasteiger partial charge >= 0.3 is 0 Å². The first-order valence-electron chi connectivity index (χ1n) is 20.0. The zero-order valence-corrected chi connectivity index (χ0v) is 32.6. The van der Waals surface area contributed by atoms with E-state index in [1.807, 2.05) is 20.8 Å². The van der Waals surface area contributed by atoms with Gasteiger partial charge in [0.15, 0.2) is 0 Å². The number of fused-ring (bicyclic) bond motifs is 1. The maximum atomic E-state index is 15.1. The van der Waals surface area contributed by atoms with Crippen LogP contribution in [0.3, 0.4) is 0 Å². The molecule has 4 unspecified atom stereocenters. The van der Waals surface area contributed by atoms with Crippen molar-refractivity contribution in [2.24, 2.45) is 33.5 Å². The van der Waals surface area contributed by atoms with Gasteiger partial charge in [-0.25, -0.2) is 0 Å². The van der Waals surface area contributed by atoms with Crippen molar-refractivity contribution >= 4 is 23.6 Å². The van der Waals surface area contributed by atoms with Crippen molar-refractivity contribution in [1.29, 1.82) is 0 Å². The van der Waals surface area contributed by atoms with E-state index in [2.05, 4.69) is 60.1 Å². The predicted molar refractivity (Wildman–Crippen MR) is 200 cm³/mol. The fourth-order valence-corrected chi connectivity index (χ4v) is 11.4. The van der Waals surface area contributed by atoms with Gasteiger partial charge in [-0.3, -0.25) is 24.1 Å². The van der Waals surface area contributed by atoms with Crippen LogP contribution in [0.1, 0.15) is 119 Å². The van der Waals surface area contributed by atoms with Crippen LogP contribution in [0.4, 0.5) is 0 Å². The number of likely N-dealkylation sites (N-methyl/N-ethyl adjacent to an activating group) is 2. The maximum absolute atomic E-state index is 15.1. The molecule has 2 heterocycles. The van der Waals surface area contributed by atoms with Gasteiger partial charge in [-0.1, -0.05) is 79.9 Å². The highest BCUT2D eigenvalue weighted by Crippen LogP contribution is 2.88. The summed E-state index contributed by atoms with van der Waals surface area (Å²) in [5.41, 5.74) is -0.864. The van der Waals surface area contributed by atoms with E-state index in [-0.39, 0.29) is 57.8 Å². The summed E-state index contributed by atoms with van der Waals surface area (Å²) in [7, 11) is 1.58. The highest BCUT2D eigenvalue weighted by atomic mass is 16.2. The standard InChI is InChI=1S/C41H66N6O4/c1-10-28-23-41(28,36(51)42-9)45-33(48)30-24-40(38(7,8)39(40)20-16-21-39)25-47(30)35(50)32(37(4,5)6)44-34(49)31(27-17-13-12-14-18-27)43-26(3)29-19-15-22-46(29)11-2/h10,27-32,43H,1,3,11-25H2,2,4-9H3,(H,42,51)(H,44,49)(H,45,48)/t28-,29+,30?,31?,32-,40?,41?/m1/s1. The Morgan fingerprint density at radius 3 is 2.14 bits per heavy atom. The van der Waals surface area contributed by atoms with E-state index < -0.39 is 29.1 Å². The molecule has 284 valence electrons. The van der Waals surface area contributed by atoms with Crippen molar-refractivity contribution in [3.63, 3.8) is 0 Å². The Bertz CT molecular complexity index is 1420. The number of carbonyl (C=O) groups excluding carboxylic acids is 4. The van der Waals surface area contributed by atoms with Crippen LogP contribution in [0, 0.1) is 33.5 Å². The minimum absolute atomic E-state index is 0.0169. The normalized spacial score (nSPS) is 33.5. The highest BCUT2D eigenvalue weighted by Gasteiger charge is 2.85. The number of likely N-dealkylation sites (tertiary alicyclic amines) is 2. The zero-order chi connectivity index (χ0) is 37.1. The first-order chi connectivity index (χ1) is 24.0. The van der Waals surface area contributed by atoms with E-state index in [0.29, 0.717) is 19.4 Å².